The quantitative estimate of drug-likeness (QED) is 0.181. The molecule has 1 aliphatic heterocycles. The SMILES string of the molecule is CN=C(NCCOC1CCCCCC1)N1CCN(CC(=O)NC(C)C)CC1.I. The maximum absolute atomic E-state index is 11.9. The van der Waals surface area contributed by atoms with E-state index in [9.17, 15) is 4.79 Å². The molecule has 0 aromatic rings. The molecule has 7 nitrogen and oxygen atoms in total. The number of nitrogens with zero attached hydrogens (tertiary/aromatic N) is 3. The molecule has 0 unspecified atom stereocenters. The summed E-state index contributed by atoms with van der Waals surface area (Å²) in [6.45, 7) is 9.52. The topological polar surface area (TPSA) is 69.2 Å². The molecule has 28 heavy (non-hydrogen) atoms. The smallest absolute Gasteiger partial charge is 0.234 e. The Bertz CT molecular complexity index is 460. The number of amides is 1. The van der Waals surface area contributed by atoms with Crippen molar-refractivity contribution in [2.75, 3.05) is 52.9 Å². The van der Waals surface area contributed by atoms with Crippen LogP contribution in [0.4, 0.5) is 0 Å². The van der Waals surface area contributed by atoms with Crippen molar-refractivity contribution in [3.05, 3.63) is 0 Å². The molecule has 0 bridgehead atoms. The Morgan fingerprint density at radius 1 is 1.11 bits per heavy atom. The predicted molar refractivity (Wildman–Crippen MR) is 126 cm³/mol. The van der Waals surface area contributed by atoms with Gasteiger partial charge in [-0.15, -0.1) is 24.0 Å². The van der Waals surface area contributed by atoms with Gasteiger partial charge in [-0.1, -0.05) is 25.7 Å². The van der Waals surface area contributed by atoms with Crippen LogP contribution < -0.4 is 10.6 Å². The number of guanidine groups is 1. The summed E-state index contributed by atoms with van der Waals surface area (Å²) >= 11 is 0. The number of hydrogen-bond acceptors (Lipinski definition) is 4. The Morgan fingerprint density at radius 2 is 1.75 bits per heavy atom. The van der Waals surface area contributed by atoms with Gasteiger partial charge in [-0.3, -0.25) is 14.7 Å². The fourth-order valence-corrected chi connectivity index (χ4v) is 3.82. The van der Waals surface area contributed by atoms with E-state index in [4.69, 9.17) is 4.74 Å². The van der Waals surface area contributed by atoms with Crippen LogP contribution in [0, 0.1) is 0 Å². The van der Waals surface area contributed by atoms with Gasteiger partial charge in [0.15, 0.2) is 5.96 Å². The van der Waals surface area contributed by atoms with Gasteiger partial charge >= 0.3 is 0 Å². The third-order valence-corrected chi connectivity index (χ3v) is 5.24. The summed E-state index contributed by atoms with van der Waals surface area (Å²) in [6.07, 6.45) is 8.18. The lowest BCUT2D eigenvalue weighted by Crippen LogP contribution is -2.54. The third-order valence-electron chi connectivity index (χ3n) is 5.24. The summed E-state index contributed by atoms with van der Waals surface area (Å²) in [4.78, 5) is 20.8. The van der Waals surface area contributed by atoms with Crippen LogP contribution in [0.5, 0.6) is 0 Å². The van der Waals surface area contributed by atoms with Crippen LogP contribution in [0.25, 0.3) is 0 Å². The molecule has 1 saturated carbocycles. The number of hydrogen-bond donors (Lipinski definition) is 2. The maximum Gasteiger partial charge on any atom is 0.234 e. The van der Waals surface area contributed by atoms with E-state index in [-0.39, 0.29) is 35.9 Å². The Morgan fingerprint density at radius 3 is 2.32 bits per heavy atom. The molecule has 164 valence electrons. The minimum atomic E-state index is 0. The van der Waals surface area contributed by atoms with Crippen LogP contribution >= 0.6 is 24.0 Å². The zero-order chi connectivity index (χ0) is 19.5. The molecule has 0 radical (unpaired) electrons. The molecule has 0 aromatic carbocycles. The largest absolute Gasteiger partial charge is 0.376 e. The second kappa shape index (κ2) is 14.4. The molecular weight excluding hydrogens is 469 g/mol. The highest BCUT2D eigenvalue weighted by molar-refractivity contribution is 14.0. The monoisotopic (exact) mass is 509 g/mol. The van der Waals surface area contributed by atoms with Crippen molar-refractivity contribution in [2.24, 2.45) is 4.99 Å². The molecule has 1 saturated heterocycles. The van der Waals surface area contributed by atoms with Gasteiger partial charge in [0.25, 0.3) is 0 Å². The van der Waals surface area contributed by atoms with Gasteiger partial charge in [-0.25, -0.2) is 0 Å². The van der Waals surface area contributed by atoms with E-state index in [1.807, 2.05) is 20.9 Å². The summed E-state index contributed by atoms with van der Waals surface area (Å²) in [5.74, 6) is 1.04. The van der Waals surface area contributed by atoms with Crippen molar-refractivity contribution in [3.8, 4) is 0 Å². The number of piperazine rings is 1. The summed E-state index contributed by atoms with van der Waals surface area (Å²) in [6, 6.07) is 0.196. The van der Waals surface area contributed by atoms with E-state index in [0.717, 1.165) is 45.3 Å². The molecular formula is C20H40IN5O2. The molecule has 2 N–H and O–H groups in total. The first-order valence-electron chi connectivity index (χ1n) is 10.7. The fourth-order valence-electron chi connectivity index (χ4n) is 3.82. The summed E-state index contributed by atoms with van der Waals surface area (Å²) in [5, 5.41) is 6.39. The van der Waals surface area contributed by atoms with E-state index >= 15 is 0 Å². The minimum absolute atomic E-state index is 0. The van der Waals surface area contributed by atoms with Crippen molar-refractivity contribution in [2.45, 2.75) is 64.5 Å². The van der Waals surface area contributed by atoms with Gasteiger partial charge in [-0.05, 0) is 26.7 Å². The Kier molecular flexibility index (Phi) is 13.1. The van der Waals surface area contributed by atoms with Crippen LogP contribution in [-0.4, -0.2) is 86.7 Å². The molecule has 0 aromatic heterocycles. The van der Waals surface area contributed by atoms with Gasteiger partial charge in [0.1, 0.15) is 0 Å². The molecule has 1 aliphatic carbocycles. The number of ether oxygens (including phenoxy) is 1. The Balaban J connectivity index is 0.00000392. The van der Waals surface area contributed by atoms with Crippen LogP contribution in [0.3, 0.4) is 0 Å². The van der Waals surface area contributed by atoms with E-state index in [2.05, 4.69) is 25.4 Å². The molecule has 2 fully saturated rings. The number of carbonyl (C=O) groups is 1. The first kappa shape index (κ1) is 25.4. The summed E-state index contributed by atoms with van der Waals surface area (Å²) in [5.41, 5.74) is 0. The predicted octanol–water partition coefficient (Wildman–Crippen LogP) is 2.06. The van der Waals surface area contributed by atoms with Crippen molar-refractivity contribution in [1.82, 2.24) is 20.4 Å². The van der Waals surface area contributed by atoms with Gasteiger partial charge < -0.3 is 20.3 Å². The average molecular weight is 509 g/mol. The van der Waals surface area contributed by atoms with E-state index < -0.39 is 0 Å². The highest BCUT2D eigenvalue weighted by atomic mass is 127. The lowest BCUT2D eigenvalue weighted by atomic mass is 10.1. The van der Waals surface area contributed by atoms with Crippen LogP contribution in [0.1, 0.15) is 52.4 Å². The van der Waals surface area contributed by atoms with Crippen LogP contribution in [0.2, 0.25) is 0 Å². The van der Waals surface area contributed by atoms with E-state index in [0.29, 0.717) is 12.6 Å². The average Bonchev–Trinajstić information content (AvgIpc) is 2.91. The van der Waals surface area contributed by atoms with Gasteiger partial charge in [0.2, 0.25) is 5.91 Å². The summed E-state index contributed by atoms with van der Waals surface area (Å²) < 4.78 is 6.05. The lowest BCUT2D eigenvalue weighted by Gasteiger charge is -2.36. The first-order valence-corrected chi connectivity index (χ1v) is 10.7. The number of carbonyl (C=O) groups excluding carboxylic acids is 1. The second-order valence-electron chi connectivity index (χ2n) is 7.94. The molecule has 2 rings (SSSR count). The second-order valence-corrected chi connectivity index (χ2v) is 7.94. The first-order chi connectivity index (χ1) is 13.1. The highest BCUT2D eigenvalue weighted by Crippen LogP contribution is 2.19. The normalized spacial score (nSPS) is 19.9. The molecule has 2 aliphatic rings. The van der Waals surface area contributed by atoms with Gasteiger partial charge in [-0.2, -0.15) is 0 Å². The molecule has 8 heteroatoms. The number of aliphatic imine (C=N–C) groups is 1. The van der Waals surface area contributed by atoms with Crippen molar-refractivity contribution in [1.29, 1.82) is 0 Å². The van der Waals surface area contributed by atoms with Crippen molar-refractivity contribution in [3.63, 3.8) is 0 Å². The molecule has 0 spiro atoms. The van der Waals surface area contributed by atoms with Crippen LogP contribution in [-0.2, 0) is 9.53 Å². The third kappa shape index (κ3) is 9.73. The molecule has 1 amide bonds. The number of halogens is 1. The zero-order valence-electron chi connectivity index (χ0n) is 17.9. The number of rotatable bonds is 7. The van der Waals surface area contributed by atoms with Crippen molar-refractivity contribution < 1.29 is 9.53 Å². The Labute approximate surface area is 188 Å². The zero-order valence-corrected chi connectivity index (χ0v) is 20.2. The Hall–Kier alpha value is -0.610. The molecule has 0 atom stereocenters. The minimum Gasteiger partial charge on any atom is -0.376 e. The lowest BCUT2D eigenvalue weighted by molar-refractivity contribution is -0.123. The fraction of sp³-hybridized carbons (Fsp3) is 0.900. The number of nitrogens with one attached hydrogen (secondary N) is 2. The summed E-state index contributed by atoms with van der Waals surface area (Å²) in [7, 11) is 1.83. The van der Waals surface area contributed by atoms with Gasteiger partial charge in [0, 0.05) is 45.8 Å². The van der Waals surface area contributed by atoms with Crippen LogP contribution in [0.15, 0.2) is 4.99 Å². The highest BCUT2D eigenvalue weighted by Gasteiger charge is 2.21. The maximum atomic E-state index is 11.9. The van der Waals surface area contributed by atoms with E-state index in [1.165, 1.54) is 38.5 Å². The molecule has 1 heterocycles. The van der Waals surface area contributed by atoms with E-state index in [1.54, 1.807) is 0 Å². The standard InChI is InChI=1S/C20H39N5O2.HI/c1-17(2)23-19(26)16-24-11-13-25(14-12-24)20(21-3)22-10-15-27-18-8-6-4-5-7-9-18;/h17-18H,4-16H2,1-3H3,(H,21,22)(H,23,26);1H. The van der Waals surface area contributed by atoms with Crippen molar-refractivity contribution >= 4 is 35.8 Å². The van der Waals surface area contributed by atoms with Gasteiger partial charge in [0.05, 0.1) is 19.3 Å².